The molecular formula is C12H15BrN2. The van der Waals surface area contributed by atoms with Crippen LogP contribution in [0.1, 0.15) is 18.9 Å². The number of aromatic nitrogens is 1. The molecular weight excluding hydrogens is 252 g/mol. The van der Waals surface area contributed by atoms with Gasteiger partial charge in [0, 0.05) is 19.3 Å². The van der Waals surface area contributed by atoms with Crippen molar-refractivity contribution in [3.63, 3.8) is 0 Å². The molecule has 1 aromatic heterocycles. The zero-order chi connectivity index (χ0) is 10.8. The maximum atomic E-state index is 4.48. The second-order valence-corrected chi connectivity index (χ2v) is 4.92. The van der Waals surface area contributed by atoms with E-state index in [0.29, 0.717) is 0 Å². The summed E-state index contributed by atoms with van der Waals surface area (Å²) in [5.74, 6) is 1.06. The minimum absolute atomic E-state index is 0.973. The van der Waals surface area contributed by atoms with Gasteiger partial charge in [-0.25, -0.2) is 4.98 Å². The molecule has 0 aliphatic carbocycles. The summed E-state index contributed by atoms with van der Waals surface area (Å²) in [6, 6.07) is 2.12. The summed E-state index contributed by atoms with van der Waals surface area (Å²) in [7, 11) is 0. The fourth-order valence-electron chi connectivity index (χ4n) is 1.72. The van der Waals surface area contributed by atoms with Crippen molar-refractivity contribution in [2.45, 2.75) is 20.3 Å². The predicted octanol–water partition coefficient (Wildman–Crippen LogP) is 3.31. The van der Waals surface area contributed by atoms with Crippen molar-refractivity contribution in [3.8, 4) is 0 Å². The van der Waals surface area contributed by atoms with Gasteiger partial charge < -0.3 is 4.90 Å². The minimum Gasteiger partial charge on any atom is -0.352 e. The van der Waals surface area contributed by atoms with Gasteiger partial charge in [0.2, 0.25) is 0 Å². The number of halogens is 1. The first-order valence-corrected chi connectivity index (χ1v) is 5.99. The Labute approximate surface area is 99.1 Å². The van der Waals surface area contributed by atoms with E-state index in [2.05, 4.69) is 51.8 Å². The molecule has 2 rings (SSSR count). The van der Waals surface area contributed by atoms with E-state index in [1.807, 2.05) is 6.20 Å². The Balaban J connectivity index is 2.23. The van der Waals surface area contributed by atoms with Crippen molar-refractivity contribution in [2.24, 2.45) is 0 Å². The Kier molecular flexibility index (Phi) is 3.10. The average molecular weight is 267 g/mol. The molecule has 0 saturated carbocycles. The lowest BCUT2D eigenvalue weighted by Crippen LogP contribution is -2.29. The highest BCUT2D eigenvalue weighted by atomic mass is 79.9. The zero-order valence-corrected chi connectivity index (χ0v) is 10.7. The lowest BCUT2D eigenvalue weighted by Gasteiger charge is -2.27. The molecule has 1 aliphatic rings. The molecule has 2 heterocycles. The smallest absolute Gasteiger partial charge is 0.143 e. The van der Waals surface area contributed by atoms with Gasteiger partial charge >= 0.3 is 0 Å². The lowest BCUT2D eigenvalue weighted by atomic mass is 10.1. The van der Waals surface area contributed by atoms with Gasteiger partial charge in [-0.3, -0.25) is 0 Å². The minimum atomic E-state index is 0.973. The van der Waals surface area contributed by atoms with Crippen LogP contribution in [0.5, 0.6) is 0 Å². The molecule has 3 heteroatoms. The van der Waals surface area contributed by atoms with E-state index >= 15 is 0 Å². The van der Waals surface area contributed by atoms with Gasteiger partial charge in [-0.15, -0.1) is 0 Å². The van der Waals surface area contributed by atoms with E-state index < -0.39 is 0 Å². The number of nitrogens with zero attached hydrogens (tertiary/aromatic N) is 2. The molecule has 2 nitrogen and oxygen atoms in total. The molecule has 0 bridgehead atoms. The Hall–Kier alpha value is -0.830. The number of pyridine rings is 1. The van der Waals surface area contributed by atoms with Gasteiger partial charge in [0.1, 0.15) is 5.82 Å². The predicted molar refractivity (Wildman–Crippen MR) is 67.3 cm³/mol. The van der Waals surface area contributed by atoms with Crippen molar-refractivity contribution < 1.29 is 0 Å². The maximum Gasteiger partial charge on any atom is 0.143 e. The van der Waals surface area contributed by atoms with Crippen LogP contribution >= 0.6 is 15.9 Å². The van der Waals surface area contributed by atoms with E-state index in [-0.39, 0.29) is 0 Å². The molecule has 1 aromatic rings. The number of rotatable bonds is 1. The standard InChI is InChI=1S/C12H15BrN2/c1-9-3-5-15(6-4-9)12-11(13)7-10(2)8-14-12/h3,7-8H,4-6H2,1-2H3. The van der Waals surface area contributed by atoms with Gasteiger partial charge in [0.25, 0.3) is 0 Å². The fraction of sp³-hybridized carbons (Fsp3) is 0.417. The lowest BCUT2D eigenvalue weighted by molar-refractivity contribution is 0.773. The molecule has 0 fully saturated rings. The molecule has 0 saturated heterocycles. The average Bonchev–Trinajstić information content (AvgIpc) is 2.20. The molecule has 0 atom stereocenters. The highest BCUT2D eigenvalue weighted by Crippen LogP contribution is 2.26. The second kappa shape index (κ2) is 4.35. The van der Waals surface area contributed by atoms with Crippen LogP contribution in [0.15, 0.2) is 28.4 Å². The van der Waals surface area contributed by atoms with E-state index in [0.717, 1.165) is 29.8 Å². The normalized spacial score (nSPS) is 16.5. The third-order valence-corrected chi connectivity index (χ3v) is 3.28. The van der Waals surface area contributed by atoms with Crippen LogP contribution in [0.25, 0.3) is 0 Å². The first-order valence-electron chi connectivity index (χ1n) is 5.19. The summed E-state index contributed by atoms with van der Waals surface area (Å²) in [6.07, 6.45) is 5.34. The van der Waals surface area contributed by atoms with Gasteiger partial charge in [-0.05, 0) is 47.8 Å². The second-order valence-electron chi connectivity index (χ2n) is 4.06. The quantitative estimate of drug-likeness (QED) is 0.726. The Morgan fingerprint density at radius 1 is 1.40 bits per heavy atom. The van der Waals surface area contributed by atoms with Crippen LogP contribution in [0.2, 0.25) is 0 Å². The van der Waals surface area contributed by atoms with Crippen LogP contribution in [-0.2, 0) is 0 Å². The SMILES string of the molecule is CC1=CCN(c2ncc(C)cc2Br)CC1. The van der Waals surface area contributed by atoms with E-state index in [1.165, 1.54) is 11.1 Å². The third-order valence-electron chi connectivity index (χ3n) is 2.69. The number of hydrogen-bond acceptors (Lipinski definition) is 2. The highest BCUT2D eigenvalue weighted by Gasteiger charge is 2.13. The summed E-state index contributed by atoms with van der Waals surface area (Å²) in [5.41, 5.74) is 2.67. The topological polar surface area (TPSA) is 16.1 Å². The summed E-state index contributed by atoms with van der Waals surface area (Å²) in [6.45, 7) is 6.29. The molecule has 0 N–H and O–H groups in total. The molecule has 0 spiro atoms. The molecule has 15 heavy (non-hydrogen) atoms. The molecule has 0 radical (unpaired) electrons. The van der Waals surface area contributed by atoms with Crippen molar-refractivity contribution in [2.75, 3.05) is 18.0 Å². The van der Waals surface area contributed by atoms with Crippen LogP contribution < -0.4 is 4.90 Å². The molecule has 80 valence electrons. The van der Waals surface area contributed by atoms with Gasteiger partial charge in [-0.1, -0.05) is 11.6 Å². The molecule has 0 amide bonds. The molecule has 0 unspecified atom stereocenters. The first kappa shape index (κ1) is 10.7. The number of hydrogen-bond donors (Lipinski definition) is 0. The van der Waals surface area contributed by atoms with Gasteiger partial charge in [0.05, 0.1) is 4.47 Å². The van der Waals surface area contributed by atoms with Crippen LogP contribution in [-0.4, -0.2) is 18.1 Å². The highest BCUT2D eigenvalue weighted by molar-refractivity contribution is 9.10. The maximum absolute atomic E-state index is 4.48. The summed E-state index contributed by atoms with van der Waals surface area (Å²) >= 11 is 3.57. The van der Waals surface area contributed by atoms with Gasteiger partial charge in [-0.2, -0.15) is 0 Å². The molecule has 0 aromatic carbocycles. The Bertz CT molecular complexity index is 399. The van der Waals surface area contributed by atoms with Crippen LogP contribution in [0.3, 0.4) is 0 Å². The monoisotopic (exact) mass is 266 g/mol. The third kappa shape index (κ3) is 2.40. The van der Waals surface area contributed by atoms with E-state index in [9.17, 15) is 0 Å². The van der Waals surface area contributed by atoms with E-state index in [1.54, 1.807) is 0 Å². The van der Waals surface area contributed by atoms with Crippen molar-refractivity contribution in [1.29, 1.82) is 0 Å². The van der Waals surface area contributed by atoms with Crippen molar-refractivity contribution in [1.82, 2.24) is 4.98 Å². The summed E-state index contributed by atoms with van der Waals surface area (Å²) in [5, 5.41) is 0. The van der Waals surface area contributed by atoms with Crippen LogP contribution in [0.4, 0.5) is 5.82 Å². The van der Waals surface area contributed by atoms with Crippen molar-refractivity contribution >= 4 is 21.7 Å². The summed E-state index contributed by atoms with van der Waals surface area (Å²) in [4.78, 5) is 6.78. The largest absolute Gasteiger partial charge is 0.352 e. The fourth-order valence-corrected chi connectivity index (χ4v) is 2.44. The number of anilines is 1. The summed E-state index contributed by atoms with van der Waals surface area (Å²) < 4.78 is 1.09. The molecule has 1 aliphatic heterocycles. The van der Waals surface area contributed by atoms with Gasteiger partial charge in [0.15, 0.2) is 0 Å². The van der Waals surface area contributed by atoms with E-state index in [4.69, 9.17) is 0 Å². The Morgan fingerprint density at radius 3 is 2.80 bits per heavy atom. The van der Waals surface area contributed by atoms with Crippen LogP contribution in [0, 0.1) is 6.92 Å². The van der Waals surface area contributed by atoms with Crippen molar-refractivity contribution in [3.05, 3.63) is 33.9 Å². The Morgan fingerprint density at radius 2 is 2.20 bits per heavy atom. The first-order chi connectivity index (χ1) is 7.16. The zero-order valence-electron chi connectivity index (χ0n) is 9.13. The number of aryl methyl sites for hydroxylation is 1.